The second-order valence-corrected chi connectivity index (χ2v) is 6.44. The van der Waals surface area contributed by atoms with E-state index in [0.717, 1.165) is 31.7 Å². The van der Waals surface area contributed by atoms with Gasteiger partial charge >= 0.3 is 0 Å². The maximum Gasteiger partial charge on any atom is 0.0364 e. The normalized spacial score (nSPS) is 27.3. The lowest BCUT2D eigenvalue weighted by Gasteiger charge is -2.40. The van der Waals surface area contributed by atoms with Crippen molar-refractivity contribution in [1.82, 2.24) is 0 Å². The second-order valence-electron chi connectivity index (χ2n) is 6.44. The van der Waals surface area contributed by atoms with E-state index in [2.05, 4.69) is 50.1 Å². The molecule has 1 fully saturated rings. The van der Waals surface area contributed by atoms with Crippen LogP contribution in [0, 0.1) is 5.92 Å². The Balaban J connectivity index is 2.00. The van der Waals surface area contributed by atoms with Gasteiger partial charge in [0, 0.05) is 24.8 Å². The Hall–Kier alpha value is -1.02. The Kier molecular flexibility index (Phi) is 4.51. The minimum absolute atomic E-state index is 0.00412. The molecule has 2 rings (SSSR count). The van der Waals surface area contributed by atoms with Gasteiger partial charge in [-0.1, -0.05) is 38.8 Å². The minimum atomic E-state index is -0.00412. The fraction of sp³-hybridized carbons (Fsp3) is 0.647. The third kappa shape index (κ3) is 3.73. The molecule has 0 aromatic heterocycles. The van der Waals surface area contributed by atoms with Crippen LogP contribution in [0.5, 0.6) is 0 Å². The molecular formula is C17H28N2. The molecule has 0 heterocycles. The third-order valence-corrected chi connectivity index (χ3v) is 4.46. The van der Waals surface area contributed by atoms with Crippen LogP contribution in [0.1, 0.15) is 45.1 Å². The number of aryl methyl sites for hydroxylation is 1. The summed E-state index contributed by atoms with van der Waals surface area (Å²) in [6, 6.07) is 8.87. The van der Waals surface area contributed by atoms with E-state index < -0.39 is 0 Å². The van der Waals surface area contributed by atoms with E-state index in [4.69, 9.17) is 5.73 Å². The first-order chi connectivity index (χ1) is 9.02. The number of nitrogens with two attached hydrogens (primary N) is 1. The summed E-state index contributed by atoms with van der Waals surface area (Å²) in [6.07, 6.45) is 6.04. The lowest BCUT2D eigenvalue weighted by Crippen LogP contribution is -2.52. The fourth-order valence-corrected chi connectivity index (χ4v) is 3.39. The van der Waals surface area contributed by atoms with Gasteiger partial charge in [0.2, 0.25) is 0 Å². The molecule has 2 N–H and O–H groups in total. The van der Waals surface area contributed by atoms with Crippen LogP contribution in [0.4, 0.5) is 5.69 Å². The molecule has 2 unspecified atom stereocenters. The number of hydrogen-bond donors (Lipinski definition) is 1. The van der Waals surface area contributed by atoms with E-state index in [0.29, 0.717) is 0 Å². The number of likely N-dealkylation sites (N-methyl/N-ethyl adjacent to an activating group) is 1. The van der Waals surface area contributed by atoms with Crippen molar-refractivity contribution in [3.8, 4) is 0 Å². The molecule has 1 aliphatic carbocycles. The largest absolute Gasteiger partial charge is 0.373 e. The van der Waals surface area contributed by atoms with Gasteiger partial charge in [0.1, 0.15) is 0 Å². The number of hydrogen-bond acceptors (Lipinski definition) is 2. The number of nitrogens with zero attached hydrogens (tertiary/aromatic N) is 1. The molecule has 0 aliphatic heterocycles. The summed E-state index contributed by atoms with van der Waals surface area (Å²) in [6.45, 7) is 5.48. The summed E-state index contributed by atoms with van der Waals surface area (Å²) in [4.78, 5) is 2.32. The van der Waals surface area contributed by atoms with Gasteiger partial charge in [-0.2, -0.15) is 0 Å². The maximum absolute atomic E-state index is 6.60. The molecule has 1 aromatic carbocycles. The van der Waals surface area contributed by atoms with E-state index >= 15 is 0 Å². The predicted molar refractivity (Wildman–Crippen MR) is 83.6 cm³/mol. The van der Waals surface area contributed by atoms with Crippen molar-refractivity contribution in [2.24, 2.45) is 11.7 Å². The van der Waals surface area contributed by atoms with Crippen molar-refractivity contribution in [2.45, 2.75) is 51.5 Å². The van der Waals surface area contributed by atoms with E-state index in [1.807, 2.05) is 0 Å². The summed E-state index contributed by atoms with van der Waals surface area (Å²) >= 11 is 0. The zero-order chi connectivity index (χ0) is 13.9. The topological polar surface area (TPSA) is 29.3 Å². The van der Waals surface area contributed by atoms with E-state index in [9.17, 15) is 0 Å². The van der Waals surface area contributed by atoms with Crippen LogP contribution in [-0.4, -0.2) is 19.1 Å². The second kappa shape index (κ2) is 5.96. The summed E-state index contributed by atoms with van der Waals surface area (Å²) in [5, 5.41) is 0. The summed E-state index contributed by atoms with van der Waals surface area (Å²) in [7, 11) is 2.16. The van der Waals surface area contributed by atoms with Crippen molar-refractivity contribution in [3.63, 3.8) is 0 Å². The van der Waals surface area contributed by atoms with Crippen LogP contribution in [0.2, 0.25) is 0 Å². The summed E-state index contributed by atoms with van der Waals surface area (Å²) in [5.41, 5.74) is 9.27. The van der Waals surface area contributed by atoms with E-state index in [-0.39, 0.29) is 5.54 Å². The Morgan fingerprint density at radius 1 is 1.32 bits per heavy atom. The Labute approximate surface area is 118 Å². The van der Waals surface area contributed by atoms with Crippen LogP contribution in [0.3, 0.4) is 0 Å². The Morgan fingerprint density at radius 3 is 2.58 bits per heavy atom. The quantitative estimate of drug-likeness (QED) is 0.896. The lowest BCUT2D eigenvalue weighted by atomic mass is 9.77. The van der Waals surface area contributed by atoms with Crippen molar-refractivity contribution < 1.29 is 0 Å². The van der Waals surface area contributed by atoms with Gasteiger partial charge < -0.3 is 10.6 Å². The highest BCUT2D eigenvalue weighted by molar-refractivity contribution is 5.47. The van der Waals surface area contributed by atoms with E-state index in [1.165, 1.54) is 24.1 Å². The van der Waals surface area contributed by atoms with Crippen LogP contribution in [-0.2, 0) is 6.42 Å². The third-order valence-electron chi connectivity index (χ3n) is 4.46. The van der Waals surface area contributed by atoms with Crippen molar-refractivity contribution >= 4 is 5.69 Å². The average molecular weight is 260 g/mol. The highest BCUT2D eigenvalue weighted by Gasteiger charge is 2.32. The van der Waals surface area contributed by atoms with Gasteiger partial charge in [0.15, 0.2) is 0 Å². The minimum Gasteiger partial charge on any atom is -0.373 e. The molecule has 1 saturated carbocycles. The molecule has 0 saturated heterocycles. The molecule has 106 valence electrons. The molecule has 0 bridgehead atoms. The zero-order valence-corrected chi connectivity index (χ0v) is 12.7. The molecule has 0 radical (unpaired) electrons. The maximum atomic E-state index is 6.60. The highest BCUT2D eigenvalue weighted by atomic mass is 15.1. The van der Waals surface area contributed by atoms with Gasteiger partial charge in [-0.05, 0) is 42.9 Å². The van der Waals surface area contributed by atoms with Crippen LogP contribution >= 0.6 is 0 Å². The van der Waals surface area contributed by atoms with Crippen LogP contribution in [0.25, 0.3) is 0 Å². The van der Waals surface area contributed by atoms with Gasteiger partial charge in [-0.25, -0.2) is 0 Å². The summed E-state index contributed by atoms with van der Waals surface area (Å²) in [5.74, 6) is 0.773. The predicted octanol–water partition coefficient (Wildman–Crippen LogP) is 3.59. The van der Waals surface area contributed by atoms with Crippen molar-refractivity contribution in [2.75, 3.05) is 18.5 Å². The molecule has 19 heavy (non-hydrogen) atoms. The highest BCUT2D eigenvalue weighted by Crippen LogP contribution is 2.31. The van der Waals surface area contributed by atoms with Crippen LogP contribution in [0.15, 0.2) is 24.3 Å². The van der Waals surface area contributed by atoms with E-state index in [1.54, 1.807) is 0 Å². The van der Waals surface area contributed by atoms with Gasteiger partial charge in [-0.15, -0.1) is 0 Å². The first-order valence-corrected chi connectivity index (χ1v) is 7.61. The molecule has 2 heteroatoms. The molecule has 2 nitrogen and oxygen atoms in total. The number of anilines is 1. The molecule has 0 amide bonds. The SMILES string of the molecule is CCc1ccc(N(C)CC2(N)CCCC(C)C2)cc1. The molecular weight excluding hydrogens is 232 g/mol. The summed E-state index contributed by atoms with van der Waals surface area (Å²) < 4.78 is 0. The number of rotatable bonds is 4. The zero-order valence-electron chi connectivity index (χ0n) is 12.7. The fourth-order valence-electron chi connectivity index (χ4n) is 3.39. The van der Waals surface area contributed by atoms with Crippen molar-refractivity contribution in [1.29, 1.82) is 0 Å². The van der Waals surface area contributed by atoms with Gasteiger partial charge in [0.25, 0.3) is 0 Å². The average Bonchev–Trinajstić information content (AvgIpc) is 2.38. The standard InChI is InChI=1S/C17H28N2/c1-4-15-7-9-16(10-8-15)19(3)13-17(18)11-5-6-14(2)12-17/h7-10,14H,4-6,11-13,18H2,1-3H3. The first kappa shape index (κ1) is 14.4. The molecule has 1 aromatic rings. The first-order valence-electron chi connectivity index (χ1n) is 7.61. The molecule has 2 atom stereocenters. The smallest absolute Gasteiger partial charge is 0.0364 e. The monoisotopic (exact) mass is 260 g/mol. The molecule has 1 aliphatic rings. The van der Waals surface area contributed by atoms with Crippen molar-refractivity contribution in [3.05, 3.63) is 29.8 Å². The van der Waals surface area contributed by atoms with Gasteiger partial charge in [0.05, 0.1) is 0 Å². The lowest BCUT2D eigenvalue weighted by molar-refractivity contribution is 0.241. The van der Waals surface area contributed by atoms with Crippen LogP contribution < -0.4 is 10.6 Å². The Bertz CT molecular complexity index is 398. The number of benzene rings is 1. The van der Waals surface area contributed by atoms with Gasteiger partial charge in [-0.3, -0.25) is 0 Å². The molecule has 0 spiro atoms. The Morgan fingerprint density at radius 2 is 2.00 bits per heavy atom.